The first-order chi connectivity index (χ1) is 6.81. The molecule has 4 heteroatoms. The molecular weight excluding hydrogens is 184 g/mol. The van der Waals surface area contributed by atoms with Crippen molar-refractivity contribution >= 4 is 12.6 Å². The molecule has 1 aromatic rings. The van der Waals surface area contributed by atoms with Crippen LogP contribution in [0, 0.1) is 0 Å². The van der Waals surface area contributed by atoms with Gasteiger partial charge in [0.25, 0.3) is 0 Å². The molecule has 0 saturated carbocycles. The molecule has 0 N–H and O–H groups in total. The average Bonchev–Trinajstić information content (AvgIpc) is 2.26. The maximum atomic E-state index is 10.6. The Morgan fingerprint density at radius 3 is 2.71 bits per heavy atom. The van der Waals surface area contributed by atoms with Crippen molar-refractivity contribution in [2.75, 3.05) is 13.7 Å². The second-order valence-electron chi connectivity index (χ2n) is 2.50. The van der Waals surface area contributed by atoms with Crippen molar-refractivity contribution in [3.05, 3.63) is 23.8 Å². The van der Waals surface area contributed by atoms with Crippen molar-refractivity contribution in [2.45, 2.75) is 0 Å². The van der Waals surface area contributed by atoms with Crippen LogP contribution in [0.3, 0.4) is 0 Å². The first kappa shape index (κ1) is 10.2. The summed E-state index contributed by atoms with van der Waals surface area (Å²) in [6.45, 7) is -0.0623. The lowest BCUT2D eigenvalue weighted by molar-refractivity contribution is -0.109. The molecule has 74 valence electrons. The van der Waals surface area contributed by atoms with Gasteiger partial charge in [0.05, 0.1) is 12.7 Å². The van der Waals surface area contributed by atoms with Gasteiger partial charge < -0.3 is 9.47 Å². The highest BCUT2D eigenvalue weighted by molar-refractivity contribution is 5.80. The van der Waals surface area contributed by atoms with Crippen LogP contribution in [-0.2, 0) is 4.79 Å². The third-order valence-corrected chi connectivity index (χ3v) is 1.65. The Bertz CT molecular complexity index is 333. The zero-order valence-electron chi connectivity index (χ0n) is 7.73. The monoisotopic (exact) mass is 194 g/mol. The Balaban J connectivity index is 2.92. The van der Waals surface area contributed by atoms with Gasteiger partial charge in [0, 0.05) is 0 Å². The minimum atomic E-state index is -0.0623. The number of benzene rings is 1. The van der Waals surface area contributed by atoms with E-state index >= 15 is 0 Å². The van der Waals surface area contributed by atoms with Gasteiger partial charge in [-0.05, 0) is 18.2 Å². The highest BCUT2D eigenvalue weighted by Crippen LogP contribution is 2.22. The average molecular weight is 194 g/mol. The largest absolute Gasteiger partial charge is 0.497 e. The number of aldehydes is 2. The summed E-state index contributed by atoms with van der Waals surface area (Å²) in [5.74, 6) is 0.957. The summed E-state index contributed by atoms with van der Waals surface area (Å²) in [4.78, 5) is 20.7. The highest BCUT2D eigenvalue weighted by atomic mass is 16.5. The van der Waals surface area contributed by atoms with E-state index in [0.717, 1.165) is 0 Å². The van der Waals surface area contributed by atoms with E-state index in [4.69, 9.17) is 9.47 Å². The molecule has 0 bridgehead atoms. The first-order valence-electron chi connectivity index (χ1n) is 4.01. The number of rotatable bonds is 5. The van der Waals surface area contributed by atoms with E-state index in [1.807, 2.05) is 0 Å². The second-order valence-corrected chi connectivity index (χ2v) is 2.50. The Hall–Kier alpha value is -1.84. The van der Waals surface area contributed by atoms with Crippen molar-refractivity contribution in [3.63, 3.8) is 0 Å². The Morgan fingerprint density at radius 2 is 2.14 bits per heavy atom. The molecular formula is C10H10O4. The summed E-state index contributed by atoms with van der Waals surface area (Å²) < 4.78 is 9.95. The Kier molecular flexibility index (Phi) is 3.67. The van der Waals surface area contributed by atoms with Crippen LogP contribution in [0.25, 0.3) is 0 Å². The fraction of sp³-hybridized carbons (Fsp3) is 0.200. The van der Waals surface area contributed by atoms with E-state index in [2.05, 4.69) is 0 Å². The van der Waals surface area contributed by atoms with Gasteiger partial charge in [0.15, 0.2) is 12.6 Å². The van der Waals surface area contributed by atoms with E-state index in [9.17, 15) is 9.59 Å². The summed E-state index contributed by atoms with van der Waals surface area (Å²) in [5, 5.41) is 0. The molecule has 0 amide bonds. The van der Waals surface area contributed by atoms with E-state index in [1.54, 1.807) is 18.2 Å². The molecule has 0 atom stereocenters. The van der Waals surface area contributed by atoms with Gasteiger partial charge in [-0.25, -0.2) is 0 Å². The van der Waals surface area contributed by atoms with E-state index in [0.29, 0.717) is 29.6 Å². The normalized spacial score (nSPS) is 9.21. The molecule has 0 spiro atoms. The van der Waals surface area contributed by atoms with E-state index < -0.39 is 0 Å². The van der Waals surface area contributed by atoms with Crippen molar-refractivity contribution in [1.29, 1.82) is 0 Å². The summed E-state index contributed by atoms with van der Waals surface area (Å²) >= 11 is 0. The molecule has 14 heavy (non-hydrogen) atoms. The lowest BCUT2D eigenvalue weighted by atomic mass is 10.2. The summed E-state index contributed by atoms with van der Waals surface area (Å²) in [5.41, 5.74) is 0.367. The second kappa shape index (κ2) is 5.01. The predicted octanol–water partition coefficient (Wildman–Crippen LogP) is 1.09. The van der Waals surface area contributed by atoms with Gasteiger partial charge in [-0.15, -0.1) is 0 Å². The molecule has 1 aromatic carbocycles. The summed E-state index contributed by atoms with van der Waals surface area (Å²) in [7, 11) is 1.51. The van der Waals surface area contributed by atoms with Crippen molar-refractivity contribution in [1.82, 2.24) is 0 Å². The molecule has 0 unspecified atom stereocenters. The van der Waals surface area contributed by atoms with Crippen LogP contribution in [0.2, 0.25) is 0 Å². The van der Waals surface area contributed by atoms with Gasteiger partial charge >= 0.3 is 0 Å². The predicted molar refractivity (Wildman–Crippen MR) is 49.9 cm³/mol. The summed E-state index contributed by atoms with van der Waals surface area (Å²) in [6.07, 6.45) is 1.28. The van der Waals surface area contributed by atoms with Crippen molar-refractivity contribution in [2.24, 2.45) is 0 Å². The smallest absolute Gasteiger partial charge is 0.157 e. The Morgan fingerprint density at radius 1 is 1.36 bits per heavy atom. The van der Waals surface area contributed by atoms with Crippen molar-refractivity contribution < 1.29 is 19.1 Å². The lowest BCUT2D eigenvalue weighted by Gasteiger charge is -2.06. The van der Waals surface area contributed by atoms with Crippen LogP contribution in [0.1, 0.15) is 10.4 Å². The van der Waals surface area contributed by atoms with Gasteiger partial charge in [-0.1, -0.05) is 0 Å². The first-order valence-corrected chi connectivity index (χ1v) is 4.01. The number of carbonyl (C=O) groups is 2. The van der Waals surface area contributed by atoms with Crippen LogP contribution < -0.4 is 9.47 Å². The van der Waals surface area contributed by atoms with Crippen LogP contribution in [0.5, 0.6) is 11.5 Å². The molecule has 1 rings (SSSR count). The minimum Gasteiger partial charge on any atom is -0.497 e. The zero-order chi connectivity index (χ0) is 10.4. The third kappa shape index (κ3) is 2.32. The molecule has 0 aromatic heterocycles. The van der Waals surface area contributed by atoms with E-state index in [1.165, 1.54) is 7.11 Å². The number of hydrogen-bond acceptors (Lipinski definition) is 4. The van der Waals surface area contributed by atoms with E-state index in [-0.39, 0.29) is 6.61 Å². The van der Waals surface area contributed by atoms with Crippen LogP contribution in [-0.4, -0.2) is 26.3 Å². The molecule has 0 heterocycles. The van der Waals surface area contributed by atoms with Gasteiger partial charge in [-0.2, -0.15) is 0 Å². The molecule has 0 saturated heterocycles. The molecule has 0 aliphatic carbocycles. The van der Waals surface area contributed by atoms with Crippen molar-refractivity contribution in [3.8, 4) is 11.5 Å². The topological polar surface area (TPSA) is 52.6 Å². The van der Waals surface area contributed by atoms with Crippen LogP contribution in [0.15, 0.2) is 18.2 Å². The third-order valence-electron chi connectivity index (χ3n) is 1.65. The number of hydrogen-bond donors (Lipinski definition) is 0. The standard InChI is InChI=1S/C10H10O4/c1-13-9-2-3-10(14-5-4-11)8(6-9)7-12/h2-4,6-7H,5H2,1H3. The fourth-order valence-electron chi connectivity index (χ4n) is 1.00. The van der Waals surface area contributed by atoms with Gasteiger partial charge in [-0.3, -0.25) is 9.59 Å². The number of methoxy groups -OCH3 is 1. The number of carbonyl (C=O) groups excluding carboxylic acids is 2. The molecule has 0 radical (unpaired) electrons. The molecule has 0 aliphatic rings. The quantitative estimate of drug-likeness (QED) is 0.658. The lowest BCUT2D eigenvalue weighted by Crippen LogP contribution is -2.00. The zero-order valence-corrected chi connectivity index (χ0v) is 7.73. The SMILES string of the molecule is COc1ccc(OCC=O)c(C=O)c1. The maximum absolute atomic E-state index is 10.6. The maximum Gasteiger partial charge on any atom is 0.157 e. The van der Waals surface area contributed by atoms with Crippen LogP contribution in [0.4, 0.5) is 0 Å². The Labute approximate surface area is 81.4 Å². The fourth-order valence-corrected chi connectivity index (χ4v) is 1.00. The van der Waals surface area contributed by atoms with Crippen LogP contribution >= 0.6 is 0 Å². The molecule has 4 nitrogen and oxygen atoms in total. The summed E-state index contributed by atoms with van der Waals surface area (Å²) in [6, 6.07) is 4.80. The number of ether oxygens (including phenoxy) is 2. The van der Waals surface area contributed by atoms with Gasteiger partial charge in [0.2, 0.25) is 0 Å². The van der Waals surface area contributed by atoms with Gasteiger partial charge in [0.1, 0.15) is 18.1 Å². The molecule has 0 aliphatic heterocycles. The minimum absolute atomic E-state index is 0.0623. The highest BCUT2D eigenvalue weighted by Gasteiger charge is 2.04. The molecule has 0 fully saturated rings.